The molecule has 0 fully saturated rings. The van der Waals surface area contributed by atoms with Crippen LogP contribution in [0.5, 0.6) is 5.75 Å². The summed E-state index contributed by atoms with van der Waals surface area (Å²) in [5.74, 6) is -0.996. The minimum atomic E-state index is -0.574. The van der Waals surface area contributed by atoms with Gasteiger partial charge in [0, 0.05) is 18.0 Å². The summed E-state index contributed by atoms with van der Waals surface area (Å²) in [6.07, 6.45) is 4.56. The fourth-order valence-corrected chi connectivity index (χ4v) is 3.91. The topological polar surface area (TPSA) is 94.4 Å². The lowest BCUT2D eigenvalue weighted by atomic mass is 9.87. The van der Waals surface area contributed by atoms with Gasteiger partial charge in [0.15, 0.2) is 0 Å². The quantitative estimate of drug-likeness (QED) is 0.529. The molecule has 0 saturated carbocycles. The Kier molecular flexibility index (Phi) is 5.32. The summed E-state index contributed by atoms with van der Waals surface area (Å²) < 4.78 is 0. The Hall–Kier alpha value is -3.16. The van der Waals surface area contributed by atoms with Crippen LogP contribution in [0.4, 0.5) is 0 Å². The second-order valence-corrected chi connectivity index (χ2v) is 7.78. The molecule has 1 aromatic rings. The number of fused-ring (bicyclic) bond motifs is 2. The van der Waals surface area contributed by atoms with Crippen molar-refractivity contribution in [3.8, 4) is 5.75 Å². The van der Waals surface area contributed by atoms with E-state index >= 15 is 0 Å². The molecule has 154 valence electrons. The van der Waals surface area contributed by atoms with Crippen LogP contribution in [0.1, 0.15) is 12.8 Å². The van der Waals surface area contributed by atoms with Gasteiger partial charge < -0.3 is 15.3 Å². The molecular weight excluding hydrogens is 380 g/mol. The normalized spacial score (nSPS) is 20.1. The van der Waals surface area contributed by atoms with Crippen LogP contribution in [-0.4, -0.2) is 62.0 Å². The maximum absolute atomic E-state index is 13.1. The van der Waals surface area contributed by atoms with Gasteiger partial charge >= 0.3 is 0 Å². The van der Waals surface area contributed by atoms with Crippen molar-refractivity contribution in [3.05, 3.63) is 63.0 Å². The minimum absolute atomic E-state index is 0.116. The molecule has 0 aromatic heterocycles. The molecule has 1 aliphatic carbocycles. The van der Waals surface area contributed by atoms with Gasteiger partial charge in [-0.3, -0.25) is 14.6 Å². The first kappa shape index (κ1) is 20.1. The summed E-state index contributed by atoms with van der Waals surface area (Å²) in [4.78, 5) is 37.1. The lowest BCUT2D eigenvalue weighted by Gasteiger charge is -2.16. The van der Waals surface area contributed by atoms with E-state index in [2.05, 4.69) is 15.3 Å². The number of phenolic OH excluding ortho intramolecular Hbond substituents is 1. The highest BCUT2D eigenvalue weighted by Crippen LogP contribution is 2.34. The summed E-state index contributed by atoms with van der Waals surface area (Å²) in [7, 11) is 5.76. The third kappa shape index (κ3) is 3.36. The van der Waals surface area contributed by atoms with Crippen molar-refractivity contribution in [3.63, 3.8) is 0 Å². The van der Waals surface area contributed by atoms with Crippen LogP contribution in [0.15, 0.2) is 62.4 Å². The van der Waals surface area contributed by atoms with Crippen LogP contribution < -0.4 is 15.9 Å². The molecule has 30 heavy (non-hydrogen) atoms. The van der Waals surface area contributed by atoms with Gasteiger partial charge in [-0.1, -0.05) is 6.07 Å². The predicted octanol–water partition coefficient (Wildman–Crippen LogP) is 0.408. The van der Waals surface area contributed by atoms with Gasteiger partial charge in [-0.15, -0.1) is 0 Å². The van der Waals surface area contributed by atoms with E-state index in [0.29, 0.717) is 46.9 Å². The summed E-state index contributed by atoms with van der Waals surface area (Å²) >= 11 is 0. The fraction of sp³-hybridized carbons (Fsp3) is 0.304. The number of nitrogens with zero attached hydrogens (tertiary/aromatic N) is 3. The van der Waals surface area contributed by atoms with Crippen molar-refractivity contribution < 1.29 is 14.7 Å². The number of phenols is 1. The molecule has 7 nitrogen and oxygen atoms in total. The standard InChI is InChI=1S/C23H24N4O3/c1-24-9-7-14-20-16(5-4-6-18(20)28)26-21(14)15-11-17-19(23(30)22(15)29)13(12-25-17)8-10-27(2)3/h4-6,11-12,24,28H,7-10H2,1-3H3. The number of carbonyl (C=O) groups excluding carboxylic acids is 2. The van der Waals surface area contributed by atoms with Gasteiger partial charge in [0.05, 0.1) is 27.9 Å². The van der Waals surface area contributed by atoms with Crippen LogP contribution in [-0.2, 0) is 9.59 Å². The minimum Gasteiger partial charge on any atom is -0.507 e. The molecule has 4 rings (SSSR count). The lowest BCUT2D eigenvalue weighted by Crippen LogP contribution is -2.25. The second-order valence-electron chi connectivity index (χ2n) is 7.78. The van der Waals surface area contributed by atoms with Crippen LogP contribution >= 0.6 is 0 Å². The summed E-state index contributed by atoms with van der Waals surface area (Å²) in [5.41, 5.74) is 3.16. The highest BCUT2D eigenvalue weighted by molar-refractivity contribution is 6.53. The zero-order valence-corrected chi connectivity index (χ0v) is 17.3. The zero-order valence-electron chi connectivity index (χ0n) is 17.3. The SMILES string of the molecule is CNCCC1=c2c(O)cccc2=NC1=C1C=C2N=CC(CCN(C)C)=C2C(=O)C1=O. The summed E-state index contributed by atoms with van der Waals surface area (Å²) in [5, 5.41) is 14.7. The van der Waals surface area contributed by atoms with E-state index < -0.39 is 11.6 Å². The Bertz CT molecular complexity index is 1200. The third-order valence-electron chi connectivity index (χ3n) is 5.44. The molecule has 0 atom stereocenters. The maximum atomic E-state index is 13.1. The van der Waals surface area contributed by atoms with Gasteiger partial charge in [-0.25, -0.2) is 4.99 Å². The molecule has 0 bridgehead atoms. The number of aliphatic imine (C=N–C) groups is 1. The number of ketones is 2. The van der Waals surface area contributed by atoms with Gasteiger partial charge in [-0.05, 0) is 69.9 Å². The van der Waals surface area contributed by atoms with E-state index in [-0.39, 0.29) is 11.3 Å². The highest BCUT2D eigenvalue weighted by Gasteiger charge is 2.36. The first-order chi connectivity index (χ1) is 14.4. The molecule has 0 unspecified atom stereocenters. The lowest BCUT2D eigenvalue weighted by molar-refractivity contribution is -0.132. The highest BCUT2D eigenvalue weighted by atomic mass is 16.3. The first-order valence-corrected chi connectivity index (χ1v) is 9.94. The Morgan fingerprint density at radius 2 is 1.93 bits per heavy atom. The van der Waals surface area contributed by atoms with E-state index in [1.807, 2.05) is 26.0 Å². The number of carbonyl (C=O) groups is 2. The maximum Gasteiger partial charge on any atom is 0.236 e. The van der Waals surface area contributed by atoms with Gasteiger partial charge in [-0.2, -0.15) is 0 Å². The molecule has 0 radical (unpaired) electrons. The molecule has 7 heteroatoms. The average molecular weight is 404 g/mol. The molecule has 0 amide bonds. The van der Waals surface area contributed by atoms with E-state index in [0.717, 1.165) is 17.7 Å². The van der Waals surface area contributed by atoms with Crippen molar-refractivity contribution in [1.82, 2.24) is 10.2 Å². The largest absolute Gasteiger partial charge is 0.507 e. The monoisotopic (exact) mass is 404 g/mol. The number of Topliss-reactive ketones (excluding diaryl/α,β-unsaturated/α-hetero) is 2. The van der Waals surface area contributed by atoms with Crippen molar-refractivity contribution in [2.75, 3.05) is 34.2 Å². The Morgan fingerprint density at radius 3 is 2.67 bits per heavy atom. The molecule has 0 saturated heterocycles. The fourth-order valence-electron chi connectivity index (χ4n) is 3.91. The number of hydrogen-bond donors (Lipinski definition) is 2. The number of hydrogen-bond acceptors (Lipinski definition) is 7. The molecule has 2 heterocycles. The smallest absolute Gasteiger partial charge is 0.236 e. The number of aromatic hydroxyl groups is 1. The van der Waals surface area contributed by atoms with Crippen LogP contribution in [0.2, 0.25) is 0 Å². The van der Waals surface area contributed by atoms with Gasteiger partial charge in [0.2, 0.25) is 11.6 Å². The third-order valence-corrected chi connectivity index (χ3v) is 5.44. The molecule has 0 spiro atoms. The average Bonchev–Trinajstić information content (AvgIpc) is 3.29. The number of allylic oxidation sites excluding steroid dienone is 4. The van der Waals surface area contributed by atoms with Crippen LogP contribution in [0.25, 0.3) is 5.57 Å². The number of benzene rings is 1. The molecule has 3 aliphatic rings. The van der Waals surface area contributed by atoms with Crippen molar-refractivity contribution in [2.24, 2.45) is 9.98 Å². The van der Waals surface area contributed by atoms with Gasteiger partial charge in [0.25, 0.3) is 0 Å². The molecule has 2 N–H and O–H groups in total. The summed E-state index contributed by atoms with van der Waals surface area (Å²) in [6, 6.07) is 5.11. The molecular formula is C23H24N4O3. The Labute approximate surface area is 174 Å². The Balaban J connectivity index is 1.87. The van der Waals surface area contributed by atoms with E-state index in [4.69, 9.17) is 0 Å². The van der Waals surface area contributed by atoms with Crippen LogP contribution in [0, 0.1) is 0 Å². The number of rotatable bonds is 6. The van der Waals surface area contributed by atoms with Gasteiger partial charge in [0.1, 0.15) is 5.75 Å². The van der Waals surface area contributed by atoms with E-state index in [9.17, 15) is 14.7 Å². The zero-order chi connectivity index (χ0) is 21.4. The Morgan fingerprint density at radius 1 is 1.13 bits per heavy atom. The van der Waals surface area contributed by atoms with Crippen molar-refractivity contribution >= 4 is 23.4 Å². The van der Waals surface area contributed by atoms with Crippen molar-refractivity contribution in [2.45, 2.75) is 12.8 Å². The first-order valence-electron chi connectivity index (χ1n) is 9.94. The van der Waals surface area contributed by atoms with Crippen LogP contribution in [0.3, 0.4) is 0 Å². The van der Waals surface area contributed by atoms with Crippen molar-refractivity contribution in [1.29, 1.82) is 0 Å². The second kappa shape index (κ2) is 7.93. The summed E-state index contributed by atoms with van der Waals surface area (Å²) in [6.45, 7) is 1.41. The number of nitrogens with one attached hydrogen (secondary N) is 1. The van der Waals surface area contributed by atoms with E-state index in [1.165, 1.54) is 0 Å². The van der Waals surface area contributed by atoms with E-state index in [1.54, 1.807) is 30.5 Å². The molecule has 2 aliphatic heterocycles. The predicted molar refractivity (Wildman–Crippen MR) is 115 cm³/mol. The molecule has 1 aromatic carbocycles.